The van der Waals surface area contributed by atoms with Crippen LogP contribution in [-0.4, -0.2) is 180 Å². The Bertz CT molecular complexity index is 792. The number of aliphatic hydroxyl groups excluding tert-OH is 11. The first-order valence-corrected chi connectivity index (χ1v) is 12.2. The van der Waals surface area contributed by atoms with Gasteiger partial charge in [-0.15, -0.1) is 0 Å². The van der Waals surface area contributed by atoms with Crippen LogP contribution in [0.5, 0.6) is 0 Å². The van der Waals surface area contributed by atoms with Crippen molar-refractivity contribution < 1.29 is 84.7 Å². The highest BCUT2D eigenvalue weighted by molar-refractivity contribution is 5.73. The van der Waals surface area contributed by atoms with Gasteiger partial charge in [0.1, 0.15) is 79.3 Å². The molecule has 228 valence electrons. The van der Waals surface area contributed by atoms with E-state index in [9.17, 15) is 55.9 Å². The van der Waals surface area contributed by atoms with Gasteiger partial charge in [0.15, 0.2) is 18.9 Å². The number of hydrogen-bond acceptors (Lipinski definition) is 17. The molecule has 16 atom stereocenters. The standard InChI is InChI=1S/C21H37NO17/c1-5(26)22-9-11(29)17(38-21-15(33)12(30)10(28)7(3-24)35-21)8(4-25)36-20(9)39-18-14(32)13(31)16(6(27)2-23)37-19(18)34/h6-21,23-25,27-34H,2-4H2,1H3,(H,22,26). The zero-order valence-corrected chi connectivity index (χ0v) is 20.7. The molecule has 0 bridgehead atoms. The van der Waals surface area contributed by atoms with Gasteiger partial charge in [-0.3, -0.25) is 4.79 Å². The number of hydrogen-bond donors (Lipinski definition) is 12. The first-order chi connectivity index (χ1) is 18.4. The fourth-order valence-electron chi connectivity index (χ4n) is 4.68. The molecule has 3 saturated heterocycles. The van der Waals surface area contributed by atoms with E-state index >= 15 is 0 Å². The number of aliphatic hydroxyl groups is 11. The van der Waals surface area contributed by atoms with Gasteiger partial charge in [-0.05, 0) is 0 Å². The lowest BCUT2D eigenvalue weighted by Gasteiger charge is -2.49. The zero-order valence-electron chi connectivity index (χ0n) is 20.7. The third kappa shape index (κ3) is 6.84. The highest BCUT2D eigenvalue weighted by atomic mass is 16.7. The Kier molecular flexibility index (Phi) is 11.3. The summed E-state index contributed by atoms with van der Waals surface area (Å²) in [6.45, 7) is -1.40. The largest absolute Gasteiger partial charge is 0.394 e. The summed E-state index contributed by atoms with van der Waals surface area (Å²) in [5.74, 6) is -0.711. The van der Waals surface area contributed by atoms with Crippen molar-refractivity contribution in [3.63, 3.8) is 0 Å². The molecule has 0 spiro atoms. The van der Waals surface area contributed by atoms with Gasteiger partial charge in [0.2, 0.25) is 5.91 Å². The highest BCUT2D eigenvalue weighted by Crippen LogP contribution is 2.32. The maximum atomic E-state index is 11.9. The average Bonchev–Trinajstić information content (AvgIpc) is 2.90. The first-order valence-electron chi connectivity index (χ1n) is 12.2. The Hall–Kier alpha value is -1.17. The van der Waals surface area contributed by atoms with Crippen LogP contribution in [-0.2, 0) is 28.5 Å². The molecule has 12 N–H and O–H groups in total. The molecule has 0 saturated carbocycles. The predicted octanol–water partition coefficient (Wildman–Crippen LogP) is -8.07. The molecule has 18 nitrogen and oxygen atoms in total. The van der Waals surface area contributed by atoms with Crippen LogP contribution in [0, 0.1) is 0 Å². The predicted molar refractivity (Wildman–Crippen MR) is 119 cm³/mol. The second-order valence-electron chi connectivity index (χ2n) is 9.56. The summed E-state index contributed by atoms with van der Waals surface area (Å²) < 4.78 is 27.1. The molecule has 16 unspecified atom stereocenters. The Labute approximate surface area is 221 Å². The summed E-state index contributed by atoms with van der Waals surface area (Å²) in [5, 5.41) is 113. The summed E-state index contributed by atoms with van der Waals surface area (Å²) in [7, 11) is 0. The van der Waals surface area contributed by atoms with Crippen LogP contribution in [0.25, 0.3) is 0 Å². The van der Waals surface area contributed by atoms with E-state index in [1.807, 2.05) is 0 Å². The van der Waals surface area contributed by atoms with Crippen molar-refractivity contribution >= 4 is 5.91 Å². The van der Waals surface area contributed by atoms with E-state index in [2.05, 4.69) is 5.32 Å². The van der Waals surface area contributed by atoms with Gasteiger partial charge in [-0.1, -0.05) is 0 Å². The van der Waals surface area contributed by atoms with Crippen molar-refractivity contribution in [1.82, 2.24) is 5.32 Å². The van der Waals surface area contributed by atoms with Crippen molar-refractivity contribution in [1.29, 1.82) is 0 Å². The molecular formula is C21H37NO17. The topological polar surface area (TPSA) is 298 Å². The van der Waals surface area contributed by atoms with Crippen molar-refractivity contribution in [2.24, 2.45) is 0 Å². The van der Waals surface area contributed by atoms with E-state index in [0.29, 0.717) is 0 Å². The molecule has 0 aliphatic carbocycles. The summed E-state index contributed by atoms with van der Waals surface area (Å²) >= 11 is 0. The maximum Gasteiger partial charge on any atom is 0.217 e. The van der Waals surface area contributed by atoms with Gasteiger partial charge in [0.25, 0.3) is 0 Å². The third-order valence-electron chi connectivity index (χ3n) is 6.82. The molecule has 3 fully saturated rings. The normalized spacial score (nSPS) is 47.9. The molecule has 0 aromatic carbocycles. The number of carbonyl (C=O) groups excluding carboxylic acids is 1. The Morgan fingerprint density at radius 3 is 1.90 bits per heavy atom. The van der Waals surface area contributed by atoms with Crippen molar-refractivity contribution in [2.75, 3.05) is 19.8 Å². The van der Waals surface area contributed by atoms with Crippen molar-refractivity contribution in [3.8, 4) is 0 Å². The van der Waals surface area contributed by atoms with Crippen LogP contribution in [0.1, 0.15) is 6.92 Å². The van der Waals surface area contributed by atoms with E-state index in [4.69, 9.17) is 28.8 Å². The summed E-state index contributed by atoms with van der Waals surface area (Å²) in [4.78, 5) is 11.9. The van der Waals surface area contributed by atoms with E-state index in [0.717, 1.165) is 6.92 Å². The summed E-state index contributed by atoms with van der Waals surface area (Å²) in [6.07, 6.45) is -25.9. The quantitative estimate of drug-likeness (QED) is 0.121. The molecule has 3 rings (SSSR count). The molecule has 0 radical (unpaired) electrons. The smallest absolute Gasteiger partial charge is 0.217 e. The second-order valence-corrected chi connectivity index (χ2v) is 9.56. The van der Waals surface area contributed by atoms with Gasteiger partial charge in [0, 0.05) is 6.92 Å². The monoisotopic (exact) mass is 575 g/mol. The molecule has 18 heteroatoms. The van der Waals surface area contributed by atoms with Gasteiger partial charge in [-0.25, -0.2) is 0 Å². The van der Waals surface area contributed by atoms with Crippen molar-refractivity contribution in [2.45, 2.75) is 105 Å². The second kappa shape index (κ2) is 13.7. The van der Waals surface area contributed by atoms with Crippen LogP contribution < -0.4 is 5.32 Å². The Morgan fingerprint density at radius 2 is 1.33 bits per heavy atom. The van der Waals surface area contributed by atoms with Crippen LogP contribution in [0.15, 0.2) is 0 Å². The van der Waals surface area contributed by atoms with Crippen molar-refractivity contribution in [3.05, 3.63) is 0 Å². The fourth-order valence-corrected chi connectivity index (χ4v) is 4.68. The highest BCUT2D eigenvalue weighted by Gasteiger charge is 2.54. The fraction of sp³-hybridized carbons (Fsp3) is 0.952. The minimum atomic E-state index is -2.00. The molecular weight excluding hydrogens is 538 g/mol. The van der Waals surface area contributed by atoms with Crippen LogP contribution in [0.4, 0.5) is 0 Å². The van der Waals surface area contributed by atoms with Crippen LogP contribution >= 0.6 is 0 Å². The van der Waals surface area contributed by atoms with Gasteiger partial charge >= 0.3 is 0 Å². The number of ether oxygens (including phenoxy) is 5. The van der Waals surface area contributed by atoms with E-state index in [-0.39, 0.29) is 0 Å². The lowest BCUT2D eigenvalue weighted by molar-refractivity contribution is -0.371. The minimum Gasteiger partial charge on any atom is -0.394 e. The lowest BCUT2D eigenvalue weighted by atomic mass is 9.94. The maximum absolute atomic E-state index is 11.9. The van der Waals surface area contributed by atoms with Gasteiger partial charge in [-0.2, -0.15) is 0 Å². The molecule has 1 amide bonds. The SMILES string of the molecule is CC(=O)NC1C(OC2C(O)OC(C(O)CO)C(O)C2O)OC(CO)C(OC2OC(CO)C(O)C(O)C2O)C1O. The third-order valence-corrected chi connectivity index (χ3v) is 6.82. The number of rotatable bonds is 9. The van der Waals surface area contributed by atoms with Gasteiger partial charge in [0.05, 0.1) is 19.8 Å². The molecule has 39 heavy (non-hydrogen) atoms. The number of carbonyl (C=O) groups is 1. The Balaban J connectivity index is 1.80. The van der Waals surface area contributed by atoms with E-state index in [1.165, 1.54) is 0 Å². The molecule has 0 aromatic heterocycles. The molecule has 3 aliphatic heterocycles. The average molecular weight is 576 g/mol. The van der Waals surface area contributed by atoms with Crippen LogP contribution in [0.2, 0.25) is 0 Å². The summed E-state index contributed by atoms with van der Waals surface area (Å²) in [6, 6.07) is -1.53. The number of nitrogens with one attached hydrogen (secondary N) is 1. The summed E-state index contributed by atoms with van der Waals surface area (Å²) in [5.41, 5.74) is 0. The molecule has 3 heterocycles. The number of amides is 1. The van der Waals surface area contributed by atoms with E-state index in [1.54, 1.807) is 0 Å². The minimum absolute atomic E-state index is 0.711. The van der Waals surface area contributed by atoms with Crippen LogP contribution in [0.3, 0.4) is 0 Å². The van der Waals surface area contributed by atoms with Gasteiger partial charge < -0.3 is 85.2 Å². The zero-order chi connectivity index (χ0) is 29.2. The molecule has 3 aliphatic rings. The lowest BCUT2D eigenvalue weighted by Crippen LogP contribution is -2.69. The Morgan fingerprint density at radius 1 is 0.744 bits per heavy atom. The first kappa shape index (κ1) is 32.3. The van der Waals surface area contributed by atoms with E-state index < -0.39 is 124 Å². The molecule has 0 aromatic rings.